The largest absolute Gasteiger partial charge is 0.384 e. The molecule has 0 heterocycles. The van der Waals surface area contributed by atoms with Crippen molar-refractivity contribution in [3.05, 3.63) is 33.9 Å². The number of hydrogen-bond donors (Lipinski definition) is 1. The molecular weight excluding hydrogens is 228 g/mol. The minimum absolute atomic E-state index is 0.189. The quantitative estimate of drug-likeness (QED) is 0.637. The van der Waals surface area contributed by atoms with Crippen LogP contribution in [0.4, 0.5) is 11.4 Å². The molecule has 1 N–H and O–H groups in total. The maximum absolute atomic E-state index is 10.9. The van der Waals surface area contributed by atoms with Gasteiger partial charge >= 0.3 is 0 Å². The molecule has 0 bridgehead atoms. The standard InChI is InChI=1S/C14H20N2O2/c1-10(2)14(7-8-14)9-15-12-5-4-6-13(11(12)3)16(17)18/h4-6,10,15H,7-9H2,1-3H3. The highest BCUT2D eigenvalue weighted by Crippen LogP contribution is 2.51. The molecule has 1 aliphatic rings. The maximum Gasteiger partial charge on any atom is 0.274 e. The Morgan fingerprint density at radius 1 is 1.44 bits per heavy atom. The Balaban J connectivity index is 2.11. The fraction of sp³-hybridized carbons (Fsp3) is 0.571. The molecule has 1 saturated carbocycles. The van der Waals surface area contributed by atoms with Gasteiger partial charge < -0.3 is 5.32 Å². The van der Waals surface area contributed by atoms with Gasteiger partial charge in [0.1, 0.15) is 0 Å². The summed E-state index contributed by atoms with van der Waals surface area (Å²) in [5.74, 6) is 0.656. The van der Waals surface area contributed by atoms with Crippen molar-refractivity contribution in [2.45, 2.75) is 33.6 Å². The van der Waals surface area contributed by atoms with Gasteiger partial charge in [0.05, 0.1) is 4.92 Å². The molecule has 0 aliphatic heterocycles. The average molecular weight is 248 g/mol. The summed E-state index contributed by atoms with van der Waals surface area (Å²) in [7, 11) is 0. The normalized spacial score (nSPS) is 16.7. The number of hydrogen-bond acceptors (Lipinski definition) is 3. The Bertz CT molecular complexity index is 465. The Morgan fingerprint density at radius 2 is 2.11 bits per heavy atom. The molecule has 4 nitrogen and oxygen atoms in total. The summed E-state index contributed by atoms with van der Waals surface area (Å²) in [6.45, 7) is 7.20. The third-order valence-corrected chi connectivity index (χ3v) is 4.25. The topological polar surface area (TPSA) is 55.2 Å². The number of nitrogens with zero attached hydrogens (tertiary/aromatic N) is 1. The molecule has 0 aromatic heterocycles. The van der Waals surface area contributed by atoms with E-state index in [1.807, 2.05) is 6.07 Å². The number of nitrogens with one attached hydrogen (secondary N) is 1. The number of nitro groups is 1. The monoisotopic (exact) mass is 248 g/mol. The van der Waals surface area contributed by atoms with Gasteiger partial charge in [0, 0.05) is 23.9 Å². The Labute approximate surface area is 108 Å². The summed E-state index contributed by atoms with van der Waals surface area (Å²) in [5, 5.41) is 14.3. The third kappa shape index (κ3) is 2.33. The van der Waals surface area contributed by atoms with Crippen LogP contribution in [0.25, 0.3) is 0 Å². The van der Waals surface area contributed by atoms with Crippen LogP contribution in [0.5, 0.6) is 0 Å². The second-order valence-corrected chi connectivity index (χ2v) is 5.58. The van der Waals surface area contributed by atoms with Gasteiger partial charge in [-0.25, -0.2) is 0 Å². The molecule has 0 spiro atoms. The first-order valence-corrected chi connectivity index (χ1v) is 6.44. The van der Waals surface area contributed by atoms with Crippen LogP contribution in [0.1, 0.15) is 32.3 Å². The van der Waals surface area contributed by atoms with Crippen molar-refractivity contribution >= 4 is 11.4 Å². The molecule has 1 aromatic rings. The van der Waals surface area contributed by atoms with E-state index >= 15 is 0 Å². The first kappa shape index (κ1) is 12.9. The van der Waals surface area contributed by atoms with Gasteiger partial charge in [-0.1, -0.05) is 19.9 Å². The van der Waals surface area contributed by atoms with Gasteiger partial charge in [0.25, 0.3) is 5.69 Å². The highest BCUT2D eigenvalue weighted by molar-refractivity contribution is 5.59. The van der Waals surface area contributed by atoms with E-state index < -0.39 is 0 Å². The number of benzene rings is 1. The van der Waals surface area contributed by atoms with Crippen LogP contribution in [-0.4, -0.2) is 11.5 Å². The van der Waals surface area contributed by atoms with Crippen molar-refractivity contribution in [3.63, 3.8) is 0 Å². The zero-order valence-electron chi connectivity index (χ0n) is 11.2. The summed E-state index contributed by atoms with van der Waals surface area (Å²) in [6.07, 6.45) is 2.51. The maximum atomic E-state index is 10.9. The lowest BCUT2D eigenvalue weighted by molar-refractivity contribution is -0.385. The van der Waals surface area contributed by atoms with Gasteiger partial charge in [0.2, 0.25) is 0 Å². The molecule has 98 valence electrons. The van der Waals surface area contributed by atoms with Crippen LogP contribution in [0, 0.1) is 28.4 Å². The van der Waals surface area contributed by atoms with E-state index in [2.05, 4.69) is 19.2 Å². The Morgan fingerprint density at radius 3 is 2.61 bits per heavy atom. The van der Waals surface area contributed by atoms with Crippen LogP contribution >= 0.6 is 0 Å². The average Bonchev–Trinajstić information content (AvgIpc) is 3.08. The van der Waals surface area contributed by atoms with E-state index in [9.17, 15) is 10.1 Å². The summed E-state index contributed by atoms with van der Waals surface area (Å²) >= 11 is 0. The van der Waals surface area contributed by atoms with Crippen molar-refractivity contribution < 1.29 is 4.92 Å². The van der Waals surface area contributed by atoms with Crippen molar-refractivity contribution in [3.8, 4) is 0 Å². The van der Waals surface area contributed by atoms with E-state index in [1.165, 1.54) is 12.8 Å². The molecule has 0 unspecified atom stereocenters. The van der Waals surface area contributed by atoms with E-state index in [1.54, 1.807) is 19.1 Å². The third-order valence-electron chi connectivity index (χ3n) is 4.25. The van der Waals surface area contributed by atoms with Crippen LogP contribution in [0.3, 0.4) is 0 Å². The molecule has 0 radical (unpaired) electrons. The molecule has 0 saturated heterocycles. The van der Waals surface area contributed by atoms with Gasteiger partial charge in [-0.3, -0.25) is 10.1 Å². The molecule has 0 amide bonds. The predicted octanol–water partition coefficient (Wildman–Crippen LogP) is 3.75. The van der Waals surface area contributed by atoms with Gasteiger partial charge in [0.15, 0.2) is 0 Å². The number of anilines is 1. The van der Waals surface area contributed by atoms with Crippen LogP contribution in [0.15, 0.2) is 18.2 Å². The van der Waals surface area contributed by atoms with Gasteiger partial charge in [-0.15, -0.1) is 0 Å². The van der Waals surface area contributed by atoms with Gasteiger partial charge in [-0.05, 0) is 37.2 Å². The van der Waals surface area contributed by atoms with Crippen molar-refractivity contribution in [2.75, 3.05) is 11.9 Å². The van der Waals surface area contributed by atoms with Crippen molar-refractivity contribution in [1.82, 2.24) is 0 Å². The summed E-state index contributed by atoms with van der Waals surface area (Å²) in [4.78, 5) is 10.5. The van der Waals surface area contributed by atoms with Crippen molar-refractivity contribution in [2.24, 2.45) is 11.3 Å². The second kappa shape index (κ2) is 4.59. The fourth-order valence-corrected chi connectivity index (χ4v) is 2.40. The van der Waals surface area contributed by atoms with E-state index in [0.29, 0.717) is 11.3 Å². The SMILES string of the molecule is Cc1c(NCC2(C(C)C)CC2)cccc1[N+](=O)[O-]. The first-order chi connectivity index (χ1) is 8.46. The Hall–Kier alpha value is -1.58. The molecule has 1 aliphatic carbocycles. The molecular formula is C14H20N2O2. The molecule has 18 heavy (non-hydrogen) atoms. The molecule has 1 aromatic carbocycles. The van der Waals surface area contributed by atoms with Crippen LogP contribution in [-0.2, 0) is 0 Å². The summed E-state index contributed by atoms with van der Waals surface area (Å²) in [5.41, 5.74) is 2.20. The lowest BCUT2D eigenvalue weighted by Gasteiger charge is -2.21. The molecule has 4 heteroatoms. The fourth-order valence-electron chi connectivity index (χ4n) is 2.40. The molecule has 0 atom stereocenters. The molecule has 1 fully saturated rings. The lowest BCUT2D eigenvalue weighted by Crippen LogP contribution is -2.21. The van der Waals surface area contributed by atoms with Gasteiger partial charge in [-0.2, -0.15) is 0 Å². The summed E-state index contributed by atoms with van der Waals surface area (Å²) in [6, 6.07) is 5.21. The zero-order valence-corrected chi connectivity index (χ0v) is 11.2. The van der Waals surface area contributed by atoms with E-state index in [-0.39, 0.29) is 10.6 Å². The van der Waals surface area contributed by atoms with E-state index in [0.717, 1.165) is 17.8 Å². The van der Waals surface area contributed by atoms with Crippen LogP contribution < -0.4 is 5.32 Å². The predicted molar refractivity (Wildman–Crippen MR) is 72.8 cm³/mol. The number of nitro benzene ring substituents is 1. The van der Waals surface area contributed by atoms with Crippen molar-refractivity contribution in [1.29, 1.82) is 0 Å². The molecule has 2 rings (SSSR count). The zero-order chi connectivity index (χ0) is 13.3. The summed E-state index contributed by atoms with van der Waals surface area (Å²) < 4.78 is 0. The first-order valence-electron chi connectivity index (χ1n) is 6.44. The smallest absolute Gasteiger partial charge is 0.274 e. The Kier molecular flexibility index (Phi) is 3.28. The van der Waals surface area contributed by atoms with E-state index in [4.69, 9.17) is 0 Å². The highest BCUT2D eigenvalue weighted by Gasteiger charge is 2.44. The lowest BCUT2D eigenvalue weighted by atomic mass is 9.92. The second-order valence-electron chi connectivity index (χ2n) is 5.58. The van der Waals surface area contributed by atoms with Crippen LogP contribution in [0.2, 0.25) is 0 Å². The highest BCUT2D eigenvalue weighted by atomic mass is 16.6. The minimum atomic E-state index is -0.324. The minimum Gasteiger partial charge on any atom is -0.384 e. The number of rotatable bonds is 5.